The van der Waals surface area contributed by atoms with Gasteiger partial charge in [0.15, 0.2) is 0 Å². The number of hydrogen-bond acceptors (Lipinski definition) is 3. The molecule has 0 bridgehead atoms. The summed E-state index contributed by atoms with van der Waals surface area (Å²) in [5.41, 5.74) is 0.0208. The quantitative estimate of drug-likeness (QED) is 0.665. The van der Waals surface area contributed by atoms with Crippen LogP contribution in [0.2, 0.25) is 0 Å². The lowest BCUT2D eigenvalue weighted by molar-refractivity contribution is -0.139. The van der Waals surface area contributed by atoms with Crippen LogP contribution < -0.4 is 10.6 Å². The van der Waals surface area contributed by atoms with Gasteiger partial charge in [-0.1, -0.05) is 56.3 Å². The Morgan fingerprint density at radius 1 is 1.04 bits per heavy atom. The van der Waals surface area contributed by atoms with Crippen LogP contribution in [0.3, 0.4) is 0 Å². The average molecular weight is 370 g/mol. The molecule has 1 atom stereocenters. The van der Waals surface area contributed by atoms with E-state index in [0.717, 1.165) is 16.3 Å². The maximum Gasteiger partial charge on any atom is 0.305 e. The van der Waals surface area contributed by atoms with Gasteiger partial charge in [-0.15, -0.1) is 0 Å². The van der Waals surface area contributed by atoms with E-state index < -0.39 is 17.4 Å². The summed E-state index contributed by atoms with van der Waals surface area (Å²) >= 11 is 0. The number of hydrogen-bond donors (Lipinski definition) is 3. The largest absolute Gasteiger partial charge is 0.481 e. The first kappa shape index (κ1) is 20.4. The first-order chi connectivity index (χ1) is 12.7. The minimum Gasteiger partial charge on any atom is -0.481 e. The predicted molar refractivity (Wildman–Crippen MR) is 104 cm³/mol. The summed E-state index contributed by atoms with van der Waals surface area (Å²) < 4.78 is 0. The Kier molecular flexibility index (Phi) is 6.55. The van der Waals surface area contributed by atoms with Crippen molar-refractivity contribution in [1.29, 1.82) is 0 Å². The van der Waals surface area contributed by atoms with Crippen molar-refractivity contribution in [2.45, 2.75) is 39.2 Å². The molecule has 0 spiro atoms. The second kappa shape index (κ2) is 8.66. The molecular formula is C21H26N2O4. The minimum atomic E-state index is -0.980. The van der Waals surface area contributed by atoms with Crippen LogP contribution in [0.1, 0.15) is 32.8 Å². The zero-order valence-corrected chi connectivity index (χ0v) is 15.9. The van der Waals surface area contributed by atoms with E-state index in [9.17, 15) is 14.4 Å². The number of carboxylic acid groups (broad SMARTS) is 1. The predicted octanol–water partition coefficient (Wildman–Crippen LogP) is 2.50. The summed E-state index contributed by atoms with van der Waals surface area (Å²) in [5, 5.41) is 16.5. The lowest BCUT2D eigenvalue weighted by atomic mass is 9.85. The highest BCUT2D eigenvalue weighted by atomic mass is 16.4. The zero-order chi connectivity index (χ0) is 20.0. The number of carbonyl (C=O) groups excluding carboxylic acids is 2. The standard InChI is InChI=1S/C21H26N2O4/c1-14(2)21(3,12-20(26)27)23-19(25)13-22-18(24)11-16-9-6-8-15-7-4-5-10-17(15)16/h4-10,14H,11-13H2,1-3H3,(H,22,24)(H,23,25)(H,26,27). The number of aliphatic carboxylic acids is 1. The normalized spacial score (nSPS) is 13.2. The molecule has 1 unspecified atom stereocenters. The third kappa shape index (κ3) is 5.54. The van der Waals surface area contributed by atoms with Crippen molar-refractivity contribution in [3.63, 3.8) is 0 Å². The molecule has 0 radical (unpaired) electrons. The topological polar surface area (TPSA) is 95.5 Å². The van der Waals surface area contributed by atoms with Gasteiger partial charge < -0.3 is 15.7 Å². The van der Waals surface area contributed by atoms with Crippen LogP contribution >= 0.6 is 0 Å². The molecule has 6 nitrogen and oxygen atoms in total. The van der Waals surface area contributed by atoms with Crippen molar-refractivity contribution < 1.29 is 19.5 Å². The molecule has 2 aromatic carbocycles. The van der Waals surface area contributed by atoms with E-state index in [0.29, 0.717) is 0 Å². The maximum absolute atomic E-state index is 12.3. The molecule has 0 heterocycles. The van der Waals surface area contributed by atoms with Crippen molar-refractivity contribution in [1.82, 2.24) is 10.6 Å². The molecule has 27 heavy (non-hydrogen) atoms. The van der Waals surface area contributed by atoms with Crippen LogP contribution in [0.4, 0.5) is 0 Å². The highest BCUT2D eigenvalue weighted by Crippen LogP contribution is 2.21. The summed E-state index contributed by atoms with van der Waals surface area (Å²) in [5.74, 6) is -1.71. The van der Waals surface area contributed by atoms with Crippen LogP contribution in [-0.4, -0.2) is 35.0 Å². The van der Waals surface area contributed by atoms with E-state index in [4.69, 9.17) is 5.11 Å². The van der Waals surface area contributed by atoms with E-state index in [-0.39, 0.29) is 31.2 Å². The number of benzene rings is 2. The monoisotopic (exact) mass is 370 g/mol. The van der Waals surface area contributed by atoms with Gasteiger partial charge in [-0.25, -0.2) is 0 Å². The number of rotatable bonds is 8. The maximum atomic E-state index is 12.3. The number of fused-ring (bicyclic) bond motifs is 1. The van der Waals surface area contributed by atoms with Crippen LogP contribution in [0, 0.1) is 5.92 Å². The highest BCUT2D eigenvalue weighted by Gasteiger charge is 2.32. The molecule has 0 saturated carbocycles. The SMILES string of the molecule is CC(C)C(C)(CC(=O)O)NC(=O)CNC(=O)Cc1cccc2ccccc12. The van der Waals surface area contributed by atoms with Crippen molar-refractivity contribution in [2.24, 2.45) is 5.92 Å². The summed E-state index contributed by atoms with van der Waals surface area (Å²) in [7, 11) is 0. The molecule has 144 valence electrons. The number of nitrogens with one attached hydrogen (secondary N) is 2. The van der Waals surface area contributed by atoms with Crippen LogP contribution in [0.15, 0.2) is 42.5 Å². The Morgan fingerprint density at radius 3 is 2.37 bits per heavy atom. The van der Waals surface area contributed by atoms with Crippen molar-refractivity contribution in [2.75, 3.05) is 6.54 Å². The smallest absolute Gasteiger partial charge is 0.305 e. The zero-order valence-electron chi connectivity index (χ0n) is 15.9. The van der Waals surface area contributed by atoms with Gasteiger partial charge in [-0.2, -0.15) is 0 Å². The van der Waals surface area contributed by atoms with Crippen LogP contribution in [-0.2, 0) is 20.8 Å². The van der Waals surface area contributed by atoms with Crippen molar-refractivity contribution >= 4 is 28.6 Å². The summed E-state index contributed by atoms with van der Waals surface area (Å²) in [4.78, 5) is 35.5. The Morgan fingerprint density at radius 2 is 1.70 bits per heavy atom. The third-order valence-corrected chi connectivity index (χ3v) is 4.89. The van der Waals surface area contributed by atoms with Crippen molar-refractivity contribution in [3.05, 3.63) is 48.0 Å². The molecule has 0 aliphatic carbocycles. The molecule has 0 aliphatic heterocycles. The second-order valence-corrected chi connectivity index (χ2v) is 7.28. The van der Waals surface area contributed by atoms with E-state index >= 15 is 0 Å². The Balaban J connectivity index is 1.94. The molecule has 0 aliphatic rings. The lowest BCUT2D eigenvalue weighted by Crippen LogP contribution is -2.53. The molecule has 0 saturated heterocycles. The summed E-state index contributed by atoms with van der Waals surface area (Å²) in [6.07, 6.45) is -0.00837. The first-order valence-electron chi connectivity index (χ1n) is 8.97. The molecule has 6 heteroatoms. The molecule has 2 aromatic rings. The number of amides is 2. The molecule has 0 fully saturated rings. The Bertz CT molecular complexity index is 842. The van der Waals surface area contributed by atoms with Crippen molar-refractivity contribution in [3.8, 4) is 0 Å². The minimum absolute atomic E-state index is 0.0658. The number of carboxylic acids is 1. The Hall–Kier alpha value is -2.89. The van der Waals surface area contributed by atoms with Gasteiger partial charge in [0.05, 0.1) is 24.9 Å². The summed E-state index contributed by atoms with van der Waals surface area (Å²) in [6, 6.07) is 13.6. The van der Waals surface area contributed by atoms with Gasteiger partial charge >= 0.3 is 5.97 Å². The van der Waals surface area contributed by atoms with E-state index in [1.807, 2.05) is 56.3 Å². The molecule has 2 rings (SSSR count). The molecule has 0 aromatic heterocycles. The fourth-order valence-electron chi connectivity index (χ4n) is 2.93. The van der Waals surface area contributed by atoms with Crippen LogP contribution in [0.25, 0.3) is 10.8 Å². The third-order valence-electron chi connectivity index (χ3n) is 4.89. The van der Waals surface area contributed by atoms with Gasteiger partial charge in [-0.05, 0) is 29.2 Å². The molecular weight excluding hydrogens is 344 g/mol. The van der Waals surface area contributed by atoms with E-state index in [1.54, 1.807) is 6.92 Å². The highest BCUT2D eigenvalue weighted by molar-refractivity contribution is 5.91. The fraction of sp³-hybridized carbons (Fsp3) is 0.381. The van der Waals surface area contributed by atoms with Gasteiger partial charge in [0.2, 0.25) is 11.8 Å². The summed E-state index contributed by atoms with van der Waals surface area (Å²) in [6.45, 7) is 5.21. The Labute approximate surface area is 159 Å². The fourth-order valence-corrected chi connectivity index (χ4v) is 2.93. The van der Waals surface area contributed by atoms with Gasteiger partial charge in [-0.3, -0.25) is 14.4 Å². The van der Waals surface area contributed by atoms with Gasteiger partial charge in [0.1, 0.15) is 0 Å². The van der Waals surface area contributed by atoms with E-state index in [1.165, 1.54) is 0 Å². The second-order valence-electron chi connectivity index (χ2n) is 7.28. The van der Waals surface area contributed by atoms with Gasteiger partial charge in [0, 0.05) is 0 Å². The lowest BCUT2D eigenvalue weighted by Gasteiger charge is -2.33. The van der Waals surface area contributed by atoms with Gasteiger partial charge in [0.25, 0.3) is 0 Å². The van der Waals surface area contributed by atoms with E-state index in [2.05, 4.69) is 10.6 Å². The average Bonchev–Trinajstić information content (AvgIpc) is 2.59. The first-order valence-corrected chi connectivity index (χ1v) is 8.97. The number of carbonyl (C=O) groups is 3. The molecule has 3 N–H and O–H groups in total. The van der Waals surface area contributed by atoms with Crippen LogP contribution in [0.5, 0.6) is 0 Å². The molecule has 2 amide bonds.